The van der Waals surface area contributed by atoms with Gasteiger partial charge in [0.15, 0.2) is 0 Å². The minimum Gasteiger partial charge on any atom is -0.352 e. The van der Waals surface area contributed by atoms with Crippen molar-refractivity contribution in [2.75, 3.05) is 17.1 Å². The lowest BCUT2D eigenvalue weighted by atomic mass is 10.1. The Bertz CT molecular complexity index is 1180. The Kier molecular flexibility index (Phi) is 8.83. The summed E-state index contributed by atoms with van der Waals surface area (Å²) in [6.07, 6.45) is 5.07. The zero-order valence-electron chi connectivity index (χ0n) is 20.8. The summed E-state index contributed by atoms with van der Waals surface area (Å²) in [6, 6.07) is 11.9. The first-order valence-electron chi connectivity index (χ1n) is 11.9. The lowest BCUT2D eigenvalue weighted by Crippen LogP contribution is -2.52. The average Bonchev–Trinajstić information content (AvgIpc) is 3.30. The molecule has 1 aliphatic rings. The van der Waals surface area contributed by atoms with Crippen molar-refractivity contribution in [2.45, 2.75) is 65.1 Å². The molecule has 0 saturated heterocycles. The van der Waals surface area contributed by atoms with Gasteiger partial charge in [0.2, 0.25) is 21.8 Å². The number of sulfonamides is 1. The Morgan fingerprint density at radius 2 is 1.74 bits per heavy atom. The number of carbonyl (C=O) groups is 2. The molecular weight excluding hydrogens is 486 g/mol. The summed E-state index contributed by atoms with van der Waals surface area (Å²) in [6.45, 7) is 5.15. The monoisotopic (exact) mass is 519 g/mol. The van der Waals surface area contributed by atoms with Gasteiger partial charge < -0.3 is 10.2 Å². The topological polar surface area (TPSA) is 86.8 Å². The van der Waals surface area contributed by atoms with Crippen LogP contribution in [-0.2, 0) is 26.2 Å². The molecule has 9 heteroatoms. The number of hydrogen-bond acceptors (Lipinski definition) is 4. The summed E-state index contributed by atoms with van der Waals surface area (Å²) in [5, 5.41) is 3.43. The van der Waals surface area contributed by atoms with E-state index in [2.05, 4.69) is 5.32 Å². The number of hydrogen-bond donors (Lipinski definition) is 1. The van der Waals surface area contributed by atoms with Crippen LogP contribution in [0.25, 0.3) is 0 Å². The Morgan fingerprint density at radius 3 is 2.37 bits per heavy atom. The normalized spacial score (nSPS) is 15.0. The van der Waals surface area contributed by atoms with Gasteiger partial charge in [-0.25, -0.2) is 8.42 Å². The van der Waals surface area contributed by atoms with Crippen LogP contribution < -0.4 is 9.62 Å². The molecule has 35 heavy (non-hydrogen) atoms. The minimum absolute atomic E-state index is 0.113. The summed E-state index contributed by atoms with van der Waals surface area (Å²) in [7, 11) is -3.80. The maximum Gasteiger partial charge on any atom is 0.244 e. The second-order valence-corrected chi connectivity index (χ2v) is 11.7. The quantitative estimate of drug-likeness (QED) is 0.538. The van der Waals surface area contributed by atoms with Crippen molar-refractivity contribution in [3.05, 3.63) is 64.2 Å². The molecule has 0 radical (unpaired) electrons. The molecule has 2 amide bonds. The van der Waals surface area contributed by atoms with Crippen LogP contribution in [0, 0.1) is 13.8 Å². The van der Waals surface area contributed by atoms with E-state index < -0.39 is 28.5 Å². The minimum atomic E-state index is -3.80. The highest BCUT2D eigenvalue weighted by atomic mass is 35.5. The smallest absolute Gasteiger partial charge is 0.244 e. The van der Waals surface area contributed by atoms with E-state index in [1.54, 1.807) is 26.0 Å². The number of amides is 2. The molecular formula is C26H34ClN3O4S. The second kappa shape index (κ2) is 11.4. The van der Waals surface area contributed by atoms with E-state index in [4.69, 9.17) is 11.6 Å². The summed E-state index contributed by atoms with van der Waals surface area (Å²) in [5.41, 5.74) is 2.89. The number of aryl methyl sites for hydroxylation is 2. The number of carbonyl (C=O) groups excluding carboxylic acids is 2. The van der Waals surface area contributed by atoms with Crippen LogP contribution in [0.1, 0.15) is 49.3 Å². The third-order valence-electron chi connectivity index (χ3n) is 6.59. The van der Waals surface area contributed by atoms with Crippen molar-refractivity contribution >= 4 is 39.1 Å². The Labute approximate surface area is 213 Å². The highest BCUT2D eigenvalue weighted by molar-refractivity contribution is 7.92. The van der Waals surface area contributed by atoms with Crippen molar-refractivity contribution < 1.29 is 18.0 Å². The van der Waals surface area contributed by atoms with Gasteiger partial charge in [-0.05, 0) is 62.4 Å². The summed E-state index contributed by atoms with van der Waals surface area (Å²) < 4.78 is 26.5. The van der Waals surface area contributed by atoms with Gasteiger partial charge in [0.1, 0.15) is 12.6 Å². The lowest BCUT2D eigenvalue weighted by molar-refractivity contribution is -0.139. The van der Waals surface area contributed by atoms with Crippen LogP contribution in [0.5, 0.6) is 0 Å². The van der Waals surface area contributed by atoms with Crippen LogP contribution in [0.15, 0.2) is 42.5 Å². The van der Waals surface area contributed by atoms with Gasteiger partial charge in [-0.1, -0.05) is 54.8 Å². The Morgan fingerprint density at radius 1 is 1.09 bits per heavy atom. The molecule has 0 aromatic heterocycles. The molecule has 0 spiro atoms. The average molecular weight is 520 g/mol. The predicted molar refractivity (Wildman–Crippen MR) is 140 cm³/mol. The molecule has 0 heterocycles. The lowest BCUT2D eigenvalue weighted by Gasteiger charge is -2.32. The van der Waals surface area contributed by atoms with Crippen molar-refractivity contribution in [2.24, 2.45) is 0 Å². The van der Waals surface area contributed by atoms with E-state index in [0.29, 0.717) is 16.3 Å². The maximum absolute atomic E-state index is 13.7. The van der Waals surface area contributed by atoms with E-state index >= 15 is 0 Å². The van der Waals surface area contributed by atoms with Gasteiger partial charge in [0.05, 0.1) is 11.9 Å². The Hall–Kier alpha value is -2.58. The molecule has 3 rings (SSSR count). The third kappa shape index (κ3) is 6.98. The van der Waals surface area contributed by atoms with E-state index in [9.17, 15) is 18.0 Å². The predicted octanol–water partition coefficient (Wildman–Crippen LogP) is 4.20. The number of nitrogens with one attached hydrogen (secondary N) is 1. The fourth-order valence-electron chi connectivity index (χ4n) is 4.39. The number of halogens is 1. The van der Waals surface area contributed by atoms with E-state index in [0.717, 1.165) is 47.4 Å². The van der Waals surface area contributed by atoms with Gasteiger partial charge in [-0.3, -0.25) is 13.9 Å². The molecule has 190 valence electrons. The molecule has 1 aliphatic carbocycles. The van der Waals surface area contributed by atoms with Crippen LogP contribution in [0.2, 0.25) is 5.02 Å². The SMILES string of the molecule is Cc1ccccc1CN(C(=O)CN(c1cc(Cl)ccc1C)S(C)(=O)=O)[C@@H](C)C(=O)NC1CCCC1. The van der Waals surface area contributed by atoms with Crippen molar-refractivity contribution in [3.8, 4) is 0 Å². The molecule has 7 nitrogen and oxygen atoms in total. The first-order chi connectivity index (χ1) is 16.5. The van der Waals surface area contributed by atoms with Crippen LogP contribution in [0.3, 0.4) is 0 Å². The van der Waals surface area contributed by atoms with Crippen molar-refractivity contribution in [1.29, 1.82) is 0 Å². The van der Waals surface area contributed by atoms with Crippen LogP contribution in [-0.4, -0.2) is 50.0 Å². The van der Waals surface area contributed by atoms with E-state index in [-0.39, 0.29) is 18.5 Å². The molecule has 1 fully saturated rings. The first kappa shape index (κ1) is 27.0. The summed E-state index contributed by atoms with van der Waals surface area (Å²) in [4.78, 5) is 28.3. The van der Waals surface area contributed by atoms with Crippen molar-refractivity contribution in [1.82, 2.24) is 10.2 Å². The standard InChI is InChI=1S/C26H34ClN3O4S/c1-18-9-5-6-10-21(18)16-29(20(3)26(32)28-23-11-7-8-12-23)25(31)17-30(35(4,33)34)24-15-22(27)14-13-19(24)2/h5-6,9-10,13-15,20,23H,7-8,11-12,16-17H2,1-4H3,(H,28,32)/t20-/m0/s1. The zero-order chi connectivity index (χ0) is 25.8. The van der Waals surface area contributed by atoms with Crippen molar-refractivity contribution in [3.63, 3.8) is 0 Å². The zero-order valence-corrected chi connectivity index (χ0v) is 22.3. The fourth-order valence-corrected chi connectivity index (χ4v) is 5.46. The maximum atomic E-state index is 13.7. The van der Waals surface area contributed by atoms with Crippen LogP contribution in [0.4, 0.5) is 5.69 Å². The molecule has 1 N–H and O–H groups in total. The molecule has 2 aromatic rings. The molecule has 2 aromatic carbocycles. The van der Waals surface area contributed by atoms with Gasteiger partial charge in [-0.15, -0.1) is 0 Å². The number of anilines is 1. The number of nitrogens with zero attached hydrogens (tertiary/aromatic N) is 2. The second-order valence-electron chi connectivity index (χ2n) is 9.31. The molecule has 0 unspecified atom stereocenters. The fraction of sp³-hybridized carbons (Fsp3) is 0.462. The van der Waals surface area contributed by atoms with Gasteiger partial charge in [0, 0.05) is 17.6 Å². The van der Waals surface area contributed by atoms with E-state index in [1.165, 1.54) is 11.0 Å². The van der Waals surface area contributed by atoms with Gasteiger partial charge >= 0.3 is 0 Å². The molecule has 0 aliphatic heterocycles. The van der Waals surface area contributed by atoms with E-state index in [1.807, 2.05) is 31.2 Å². The third-order valence-corrected chi connectivity index (χ3v) is 7.95. The molecule has 1 atom stereocenters. The largest absolute Gasteiger partial charge is 0.352 e. The molecule has 0 bridgehead atoms. The summed E-state index contributed by atoms with van der Waals surface area (Å²) in [5.74, 6) is -0.698. The van der Waals surface area contributed by atoms with Gasteiger partial charge in [0.25, 0.3) is 0 Å². The molecule has 1 saturated carbocycles. The van der Waals surface area contributed by atoms with Crippen LogP contribution >= 0.6 is 11.6 Å². The van der Waals surface area contributed by atoms with Gasteiger partial charge in [-0.2, -0.15) is 0 Å². The summed E-state index contributed by atoms with van der Waals surface area (Å²) >= 11 is 6.14. The Balaban J connectivity index is 1.92. The number of benzene rings is 2. The highest BCUT2D eigenvalue weighted by Gasteiger charge is 2.32. The number of rotatable bonds is 9. The first-order valence-corrected chi connectivity index (χ1v) is 14.1. The highest BCUT2D eigenvalue weighted by Crippen LogP contribution is 2.27.